The lowest BCUT2D eigenvalue weighted by molar-refractivity contribution is 0.299. The molecule has 0 saturated heterocycles. The van der Waals surface area contributed by atoms with Gasteiger partial charge in [-0.25, -0.2) is 8.78 Å². The second-order valence-electron chi connectivity index (χ2n) is 5.95. The maximum Gasteiger partial charge on any atom is 0.126 e. The van der Waals surface area contributed by atoms with Gasteiger partial charge in [0.05, 0.1) is 0 Å². The first-order valence-electron chi connectivity index (χ1n) is 7.84. The summed E-state index contributed by atoms with van der Waals surface area (Å²) >= 11 is 0. The molecule has 0 aromatic heterocycles. The quantitative estimate of drug-likeness (QED) is 0.793. The van der Waals surface area contributed by atoms with Gasteiger partial charge in [-0.3, -0.25) is 0 Å². The molecule has 0 spiro atoms. The highest BCUT2D eigenvalue weighted by Gasteiger charge is 2.23. The number of nitrogens with one attached hydrogen (secondary N) is 1. The van der Waals surface area contributed by atoms with Crippen molar-refractivity contribution in [2.45, 2.75) is 45.4 Å². The Morgan fingerprint density at radius 1 is 1.00 bits per heavy atom. The van der Waals surface area contributed by atoms with E-state index in [9.17, 15) is 8.78 Å². The Bertz CT molecular complexity index is 399. The molecule has 0 amide bonds. The predicted molar refractivity (Wildman–Crippen MR) is 78.7 cm³/mol. The monoisotopic (exact) mass is 281 g/mol. The molecular weight excluding hydrogens is 256 g/mol. The van der Waals surface area contributed by atoms with Gasteiger partial charge in [0.15, 0.2) is 0 Å². The minimum atomic E-state index is -0.461. The minimum absolute atomic E-state index is 0.461. The molecule has 2 atom stereocenters. The van der Waals surface area contributed by atoms with Gasteiger partial charge in [0.25, 0.3) is 0 Å². The van der Waals surface area contributed by atoms with Crippen LogP contribution in [0.15, 0.2) is 18.2 Å². The van der Waals surface area contributed by atoms with Crippen LogP contribution in [-0.2, 0) is 6.42 Å². The van der Waals surface area contributed by atoms with Crippen molar-refractivity contribution in [2.75, 3.05) is 13.1 Å². The molecule has 0 heterocycles. The number of hydrogen-bond donors (Lipinski definition) is 1. The van der Waals surface area contributed by atoms with E-state index in [-0.39, 0.29) is 0 Å². The molecule has 1 nitrogen and oxygen atoms in total. The van der Waals surface area contributed by atoms with Crippen molar-refractivity contribution in [1.29, 1.82) is 0 Å². The normalized spacial score (nSPS) is 23.6. The van der Waals surface area contributed by atoms with Crippen LogP contribution in [0.2, 0.25) is 0 Å². The third-order valence-corrected chi connectivity index (χ3v) is 4.39. The Morgan fingerprint density at radius 3 is 2.30 bits per heavy atom. The summed E-state index contributed by atoms with van der Waals surface area (Å²) in [5.41, 5.74) is 0.802. The van der Waals surface area contributed by atoms with Crippen LogP contribution in [0, 0.1) is 23.5 Å². The van der Waals surface area contributed by atoms with Crippen molar-refractivity contribution >= 4 is 0 Å². The zero-order chi connectivity index (χ0) is 14.4. The third-order valence-electron chi connectivity index (χ3n) is 4.39. The molecule has 2 rings (SSSR count). The first-order valence-corrected chi connectivity index (χ1v) is 7.84. The molecule has 3 heteroatoms. The molecule has 1 saturated carbocycles. The van der Waals surface area contributed by atoms with Crippen molar-refractivity contribution < 1.29 is 8.78 Å². The van der Waals surface area contributed by atoms with Crippen molar-refractivity contribution in [3.8, 4) is 0 Å². The van der Waals surface area contributed by atoms with Crippen molar-refractivity contribution in [2.24, 2.45) is 11.8 Å². The van der Waals surface area contributed by atoms with Crippen LogP contribution in [0.1, 0.15) is 44.6 Å². The summed E-state index contributed by atoms with van der Waals surface area (Å²) < 4.78 is 26.6. The van der Waals surface area contributed by atoms with Crippen LogP contribution in [-0.4, -0.2) is 13.1 Å². The molecule has 112 valence electrons. The van der Waals surface area contributed by atoms with E-state index >= 15 is 0 Å². The van der Waals surface area contributed by atoms with Crippen molar-refractivity contribution in [1.82, 2.24) is 5.32 Å². The largest absolute Gasteiger partial charge is 0.317 e. The molecule has 0 bridgehead atoms. The van der Waals surface area contributed by atoms with Gasteiger partial charge in [0.1, 0.15) is 11.6 Å². The van der Waals surface area contributed by atoms with Crippen LogP contribution in [0.3, 0.4) is 0 Å². The Labute approximate surface area is 120 Å². The lowest BCUT2D eigenvalue weighted by atomic mass is 9.83. The first-order chi connectivity index (χ1) is 9.69. The number of halogens is 2. The Balaban J connectivity index is 2.05. The summed E-state index contributed by atoms with van der Waals surface area (Å²) in [5, 5.41) is 3.44. The smallest absolute Gasteiger partial charge is 0.126 e. The first kappa shape index (κ1) is 15.4. The van der Waals surface area contributed by atoms with Crippen LogP contribution >= 0.6 is 0 Å². The average molecular weight is 281 g/mol. The highest BCUT2D eigenvalue weighted by Crippen LogP contribution is 2.31. The van der Waals surface area contributed by atoms with Gasteiger partial charge >= 0.3 is 0 Å². The van der Waals surface area contributed by atoms with Gasteiger partial charge in [-0.2, -0.15) is 0 Å². The summed E-state index contributed by atoms with van der Waals surface area (Å²) in [6, 6.07) is 3.92. The van der Waals surface area contributed by atoms with Crippen LogP contribution in [0.5, 0.6) is 0 Å². The molecule has 0 aliphatic heterocycles. The molecule has 1 N–H and O–H groups in total. The molecule has 1 fully saturated rings. The van der Waals surface area contributed by atoms with Crippen LogP contribution in [0.4, 0.5) is 8.78 Å². The average Bonchev–Trinajstić information content (AvgIpc) is 2.60. The lowest BCUT2D eigenvalue weighted by Crippen LogP contribution is -2.28. The Kier molecular flexibility index (Phi) is 5.96. The fraction of sp³-hybridized carbons (Fsp3) is 0.647. The molecule has 2 unspecified atom stereocenters. The van der Waals surface area contributed by atoms with E-state index in [2.05, 4.69) is 12.2 Å². The number of rotatable bonds is 5. The maximum atomic E-state index is 13.3. The van der Waals surface area contributed by atoms with Crippen molar-refractivity contribution in [3.05, 3.63) is 35.4 Å². The van der Waals surface area contributed by atoms with E-state index in [1.165, 1.54) is 44.2 Å². The molecular formula is C17H25F2N. The zero-order valence-corrected chi connectivity index (χ0v) is 12.3. The number of benzene rings is 1. The number of hydrogen-bond acceptors (Lipinski definition) is 1. The third kappa shape index (κ3) is 4.55. The molecule has 1 aliphatic carbocycles. The summed E-state index contributed by atoms with van der Waals surface area (Å²) in [7, 11) is 0. The fourth-order valence-electron chi connectivity index (χ4n) is 3.36. The van der Waals surface area contributed by atoms with Gasteiger partial charge in [-0.1, -0.05) is 26.2 Å². The van der Waals surface area contributed by atoms with Gasteiger partial charge in [-0.05, 0) is 61.9 Å². The summed E-state index contributed by atoms with van der Waals surface area (Å²) in [6.07, 6.45) is 7.01. The fourth-order valence-corrected chi connectivity index (χ4v) is 3.36. The van der Waals surface area contributed by atoms with Crippen molar-refractivity contribution in [3.63, 3.8) is 0 Å². The van der Waals surface area contributed by atoms with Gasteiger partial charge in [0, 0.05) is 6.07 Å². The zero-order valence-electron chi connectivity index (χ0n) is 12.3. The van der Waals surface area contributed by atoms with E-state index in [0.29, 0.717) is 11.8 Å². The van der Waals surface area contributed by atoms with Gasteiger partial charge in [0.2, 0.25) is 0 Å². The summed E-state index contributed by atoms with van der Waals surface area (Å²) in [5.74, 6) is 0.246. The Hall–Kier alpha value is -0.960. The van der Waals surface area contributed by atoms with E-state index in [1.807, 2.05) is 0 Å². The Morgan fingerprint density at radius 2 is 1.65 bits per heavy atom. The standard InChI is InChI=1S/C17H25F2N/c1-2-20-12-15-7-5-3-4-6-14(15)8-13-9-16(18)11-17(19)10-13/h9-11,14-15,20H,2-8,12H2,1H3. The summed E-state index contributed by atoms with van der Waals surface area (Å²) in [6.45, 7) is 4.13. The van der Waals surface area contributed by atoms with Crippen LogP contribution < -0.4 is 5.32 Å². The summed E-state index contributed by atoms with van der Waals surface area (Å²) in [4.78, 5) is 0. The predicted octanol–water partition coefficient (Wildman–Crippen LogP) is 4.31. The second kappa shape index (κ2) is 7.72. The molecule has 1 aliphatic rings. The van der Waals surface area contributed by atoms with E-state index < -0.39 is 11.6 Å². The van der Waals surface area contributed by atoms with Gasteiger partial charge in [-0.15, -0.1) is 0 Å². The SMILES string of the molecule is CCNCC1CCCCCC1Cc1cc(F)cc(F)c1. The molecule has 20 heavy (non-hydrogen) atoms. The second-order valence-corrected chi connectivity index (χ2v) is 5.95. The topological polar surface area (TPSA) is 12.0 Å². The van der Waals surface area contributed by atoms with E-state index in [1.54, 1.807) is 0 Å². The van der Waals surface area contributed by atoms with Crippen LogP contribution in [0.25, 0.3) is 0 Å². The van der Waals surface area contributed by atoms with Gasteiger partial charge < -0.3 is 5.32 Å². The molecule has 1 aromatic rings. The highest BCUT2D eigenvalue weighted by molar-refractivity contribution is 5.18. The van der Waals surface area contributed by atoms with E-state index in [0.717, 1.165) is 31.1 Å². The maximum absolute atomic E-state index is 13.3. The highest BCUT2D eigenvalue weighted by atomic mass is 19.1. The molecule has 1 aromatic carbocycles. The van der Waals surface area contributed by atoms with E-state index in [4.69, 9.17) is 0 Å². The minimum Gasteiger partial charge on any atom is -0.317 e. The molecule has 0 radical (unpaired) electrons. The lowest BCUT2D eigenvalue weighted by Gasteiger charge is -2.25.